The molecular formula is C21H21FN4O4. The molecule has 30 heavy (non-hydrogen) atoms. The van der Waals surface area contributed by atoms with Crippen LogP contribution < -0.4 is 15.5 Å². The lowest BCUT2D eigenvalue weighted by molar-refractivity contribution is -0.139. The van der Waals surface area contributed by atoms with Crippen LogP contribution in [-0.2, 0) is 14.9 Å². The number of nitrogens with zero attached hydrogens (tertiary/aromatic N) is 2. The van der Waals surface area contributed by atoms with Crippen molar-refractivity contribution in [1.29, 1.82) is 0 Å². The molecule has 0 aliphatic carbocycles. The van der Waals surface area contributed by atoms with Crippen LogP contribution in [0.15, 0.2) is 42.7 Å². The number of rotatable bonds is 5. The smallest absolute Gasteiger partial charge is 0.254 e. The van der Waals surface area contributed by atoms with Gasteiger partial charge in [0.15, 0.2) is 0 Å². The molecule has 0 atom stereocenters. The summed E-state index contributed by atoms with van der Waals surface area (Å²) in [6.45, 7) is 0.711. The summed E-state index contributed by atoms with van der Waals surface area (Å²) < 4.78 is 25.5. The largest absolute Gasteiger partial charge is 0.481 e. The van der Waals surface area contributed by atoms with Gasteiger partial charge in [0, 0.05) is 37.1 Å². The summed E-state index contributed by atoms with van der Waals surface area (Å²) in [5.74, 6) is -0.645. The van der Waals surface area contributed by atoms with E-state index in [4.69, 9.17) is 9.47 Å². The summed E-state index contributed by atoms with van der Waals surface area (Å²) in [7, 11) is 1.52. The third-order valence-corrected chi connectivity index (χ3v) is 5.48. The molecule has 9 heteroatoms. The van der Waals surface area contributed by atoms with E-state index in [1.165, 1.54) is 13.2 Å². The number of hydroxylamine groups is 1. The first-order chi connectivity index (χ1) is 14.6. The normalized spacial score (nSPS) is 15.6. The van der Waals surface area contributed by atoms with Gasteiger partial charge in [0.1, 0.15) is 5.82 Å². The predicted octanol–water partition coefficient (Wildman–Crippen LogP) is 3.07. The maximum absolute atomic E-state index is 15.0. The second kappa shape index (κ2) is 8.21. The first-order valence-corrected chi connectivity index (χ1v) is 9.45. The molecule has 0 spiro atoms. The van der Waals surface area contributed by atoms with Gasteiger partial charge in [0.25, 0.3) is 5.91 Å². The third-order valence-electron chi connectivity index (χ3n) is 5.48. The minimum Gasteiger partial charge on any atom is -0.481 e. The molecule has 0 radical (unpaired) electrons. The fourth-order valence-corrected chi connectivity index (χ4v) is 3.78. The van der Waals surface area contributed by atoms with Crippen LogP contribution >= 0.6 is 0 Å². The van der Waals surface area contributed by atoms with Gasteiger partial charge < -0.3 is 14.8 Å². The van der Waals surface area contributed by atoms with Crippen LogP contribution in [0.3, 0.4) is 0 Å². The van der Waals surface area contributed by atoms with Crippen molar-refractivity contribution in [2.24, 2.45) is 0 Å². The lowest BCUT2D eigenvalue weighted by atomic mass is 9.73. The van der Waals surface area contributed by atoms with E-state index in [1.54, 1.807) is 42.1 Å². The second-order valence-electron chi connectivity index (χ2n) is 7.06. The van der Waals surface area contributed by atoms with Crippen LogP contribution in [0.5, 0.6) is 5.88 Å². The highest BCUT2D eigenvalue weighted by atomic mass is 19.1. The highest BCUT2D eigenvalue weighted by molar-refractivity contribution is 5.93. The summed E-state index contributed by atoms with van der Waals surface area (Å²) in [5, 5.41) is 13.0. The topological polar surface area (TPSA) is 106 Å². The standard InChI is InChI=1S/C21H21FN4O4/c1-29-19-11-18-14(12-24-19)16(4-7-23-18)25-17-3-2-13(10-15(17)22)21(20(27)26-28)5-8-30-9-6-21/h2-4,7,10-12,28H,5-6,8-9H2,1H3,(H,23,25)(H,26,27). The highest BCUT2D eigenvalue weighted by Crippen LogP contribution is 2.37. The van der Waals surface area contributed by atoms with Crippen molar-refractivity contribution in [3.63, 3.8) is 0 Å². The zero-order chi connectivity index (χ0) is 21.1. The quantitative estimate of drug-likeness (QED) is 0.437. The number of halogens is 1. The van der Waals surface area contributed by atoms with E-state index < -0.39 is 17.1 Å². The molecule has 4 rings (SSSR count). The highest BCUT2D eigenvalue weighted by Gasteiger charge is 2.42. The number of carbonyl (C=O) groups excluding carboxylic acids is 1. The maximum atomic E-state index is 15.0. The Kier molecular flexibility index (Phi) is 5.47. The summed E-state index contributed by atoms with van der Waals surface area (Å²) in [6, 6.07) is 8.02. The molecule has 0 saturated carbocycles. The van der Waals surface area contributed by atoms with Gasteiger partial charge in [0.2, 0.25) is 5.88 Å². The number of carbonyl (C=O) groups is 1. The van der Waals surface area contributed by atoms with E-state index in [9.17, 15) is 10.0 Å². The molecule has 2 aromatic heterocycles. The first-order valence-electron chi connectivity index (χ1n) is 9.45. The molecule has 1 amide bonds. The zero-order valence-corrected chi connectivity index (χ0v) is 16.3. The van der Waals surface area contributed by atoms with Crippen molar-refractivity contribution >= 4 is 28.2 Å². The number of fused-ring (bicyclic) bond motifs is 1. The summed E-state index contributed by atoms with van der Waals surface area (Å²) >= 11 is 0. The van der Waals surface area contributed by atoms with E-state index in [1.807, 2.05) is 0 Å². The van der Waals surface area contributed by atoms with Crippen LogP contribution in [-0.4, -0.2) is 41.4 Å². The van der Waals surface area contributed by atoms with Crippen molar-refractivity contribution in [3.05, 3.63) is 54.1 Å². The second-order valence-corrected chi connectivity index (χ2v) is 7.06. The van der Waals surface area contributed by atoms with E-state index in [0.29, 0.717) is 54.1 Å². The Hall–Kier alpha value is -3.30. The van der Waals surface area contributed by atoms with Crippen molar-refractivity contribution in [3.8, 4) is 5.88 Å². The van der Waals surface area contributed by atoms with Crippen LogP contribution in [0.4, 0.5) is 15.8 Å². The zero-order valence-electron chi connectivity index (χ0n) is 16.3. The van der Waals surface area contributed by atoms with Gasteiger partial charge in [-0.2, -0.15) is 0 Å². The Bertz CT molecular complexity index is 1090. The first kappa shape index (κ1) is 20.0. The van der Waals surface area contributed by atoms with Gasteiger partial charge in [-0.25, -0.2) is 14.9 Å². The third kappa shape index (κ3) is 3.53. The number of benzene rings is 1. The molecule has 0 unspecified atom stereocenters. The predicted molar refractivity (Wildman–Crippen MR) is 107 cm³/mol. The number of ether oxygens (including phenoxy) is 2. The van der Waals surface area contributed by atoms with Gasteiger partial charge >= 0.3 is 0 Å². The number of hydrogen-bond acceptors (Lipinski definition) is 7. The number of methoxy groups -OCH3 is 1. The summed E-state index contributed by atoms with van der Waals surface area (Å²) in [6.07, 6.45) is 3.93. The SMILES string of the molecule is COc1cc2nccc(Nc3ccc(C4(C(=O)NO)CCOCC4)cc3F)c2cn1. The Morgan fingerprint density at radius 2 is 2.00 bits per heavy atom. The van der Waals surface area contributed by atoms with E-state index in [0.717, 1.165) is 0 Å². The molecule has 1 aliphatic heterocycles. The van der Waals surface area contributed by atoms with Gasteiger partial charge in [-0.15, -0.1) is 0 Å². The monoisotopic (exact) mass is 412 g/mol. The maximum Gasteiger partial charge on any atom is 0.254 e. The lowest BCUT2D eigenvalue weighted by Gasteiger charge is -2.35. The molecule has 1 saturated heterocycles. The molecule has 1 aromatic carbocycles. The number of anilines is 2. The number of pyridine rings is 2. The molecule has 0 bridgehead atoms. The molecule has 8 nitrogen and oxygen atoms in total. The minimum atomic E-state index is -1.03. The summed E-state index contributed by atoms with van der Waals surface area (Å²) in [5.41, 5.74) is 2.72. The van der Waals surface area contributed by atoms with Gasteiger partial charge in [-0.1, -0.05) is 6.07 Å². The Morgan fingerprint density at radius 3 is 2.70 bits per heavy atom. The van der Waals surface area contributed by atoms with Crippen molar-refractivity contribution in [1.82, 2.24) is 15.4 Å². The number of hydrogen-bond donors (Lipinski definition) is 3. The van der Waals surface area contributed by atoms with Crippen LogP contribution in [0.25, 0.3) is 10.9 Å². The fourth-order valence-electron chi connectivity index (χ4n) is 3.78. The fraction of sp³-hybridized carbons (Fsp3) is 0.286. The van der Waals surface area contributed by atoms with Gasteiger partial charge in [0.05, 0.1) is 29.4 Å². The van der Waals surface area contributed by atoms with E-state index >= 15 is 4.39 Å². The molecule has 3 N–H and O–H groups in total. The molecule has 3 heterocycles. The number of aromatic nitrogens is 2. The van der Waals surface area contributed by atoms with Crippen molar-refractivity contribution in [2.75, 3.05) is 25.6 Å². The van der Waals surface area contributed by atoms with E-state index in [-0.39, 0.29) is 5.69 Å². The molecule has 1 aliphatic rings. The van der Waals surface area contributed by atoms with Crippen LogP contribution in [0.2, 0.25) is 0 Å². The molecular weight excluding hydrogens is 391 g/mol. The van der Waals surface area contributed by atoms with Crippen LogP contribution in [0, 0.1) is 5.82 Å². The van der Waals surface area contributed by atoms with Crippen molar-refractivity contribution < 1.29 is 23.9 Å². The lowest BCUT2D eigenvalue weighted by Crippen LogP contribution is -2.47. The Balaban J connectivity index is 1.67. The van der Waals surface area contributed by atoms with E-state index in [2.05, 4.69) is 15.3 Å². The van der Waals surface area contributed by atoms with Gasteiger partial charge in [-0.05, 0) is 36.6 Å². The average molecular weight is 412 g/mol. The van der Waals surface area contributed by atoms with Crippen molar-refractivity contribution in [2.45, 2.75) is 18.3 Å². The molecule has 156 valence electrons. The van der Waals surface area contributed by atoms with Crippen LogP contribution in [0.1, 0.15) is 18.4 Å². The molecule has 1 fully saturated rings. The number of amides is 1. The summed E-state index contributed by atoms with van der Waals surface area (Å²) in [4.78, 5) is 20.9. The number of nitrogens with one attached hydrogen (secondary N) is 2. The minimum absolute atomic E-state index is 0.244. The molecule has 3 aromatic rings. The van der Waals surface area contributed by atoms with Gasteiger partial charge in [-0.3, -0.25) is 15.0 Å². The average Bonchev–Trinajstić information content (AvgIpc) is 2.80. The Labute approximate surface area is 172 Å². The Morgan fingerprint density at radius 1 is 1.20 bits per heavy atom.